The third-order valence-corrected chi connectivity index (χ3v) is 2.86. The highest BCUT2D eigenvalue weighted by Crippen LogP contribution is 2.26. The molecule has 116 valence electrons. The molecule has 0 radical (unpaired) electrons. The highest BCUT2D eigenvalue weighted by Gasteiger charge is 2.17. The fourth-order valence-electron chi connectivity index (χ4n) is 1.92. The molecule has 6 heteroatoms. The van der Waals surface area contributed by atoms with Crippen LogP contribution in [-0.4, -0.2) is 29.5 Å². The predicted octanol–water partition coefficient (Wildman–Crippen LogP) is 2.87. The lowest BCUT2D eigenvalue weighted by molar-refractivity contribution is -0.384. The summed E-state index contributed by atoms with van der Waals surface area (Å²) in [6.07, 6.45) is 0. The van der Waals surface area contributed by atoms with E-state index < -0.39 is 4.92 Å². The van der Waals surface area contributed by atoms with Crippen molar-refractivity contribution in [3.63, 3.8) is 0 Å². The van der Waals surface area contributed by atoms with E-state index in [2.05, 4.69) is 5.32 Å². The Bertz CT molecular complexity index is 642. The Morgan fingerprint density at radius 1 is 1.14 bits per heavy atom. The number of hydrogen-bond acceptors (Lipinski definition) is 5. The average Bonchev–Trinajstić information content (AvgIpc) is 2.57. The number of carbonyl (C=O) groups excluding carboxylic acids is 1. The molecule has 0 aliphatic heterocycles. The van der Waals surface area contributed by atoms with Crippen LogP contribution in [0.5, 0.6) is 0 Å². The molecule has 0 heterocycles. The topological polar surface area (TPSA) is 92.5 Å². The van der Waals surface area contributed by atoms with Gasteiger partial charge in [-0.25, -0.2) is 0 Å². The third kappa shape index (κ3) is 4.13. The van der Waals surface area contributed by atoms with Crippen LogP contribution in [0.25, 0.3) is 0 Å². The SMILES string of the molecule is CCNc1ccc(C(=O)c2ccccc2)cc1[N+](=O)[O-].CO. The van der Waals surface area contributed by atoms with Crippen molar-refractivity contribution in [2.75, 3.05) is 19.0 Å². The number of aliphatic hydroxyl groups excluding tert-OH is 1. The van der Waals surface area contributed by atoms with Crippen LogP contribution in [-0.2, 0) is 0 Å². The number of nitro groups is 1. The van der Waals surface area contributed by atoms with Gasteiger partial charge in [-0.05, 0) is 19.1 Å². The Kier molecular flexibility index (Phi) is 6.72. The normalized spacial score (nSPS) is 9.41. The maximum Gasteiger partial charge on any atom is 0.293 e. The molecular weight excluding hydrogens is 284 g/mol. The number of aliphatic hydroxyl groups is 1. The molecule has 22 heavy (non-hydrogen) atoms. The van der Waals surface area contributed by atoms with Gasteiger partial charge >= 0.3 is 0 Å². The van der Waals surface area contributed by atoms with E-state index in [0.29, 0.717) is 23.4 Å². The first kappa shape index (κ1) is 17.3. The number of benzene rings is 2. The zero-order valence-corrected chi connectivity index (χ0v) is 12.4. The molecule has 0 aromatic heterocycles. The second-order valence-corrected chi connectivity index (χ2v) is 4.21. The van der Waals surface area contributed by atoms with E-state index in [9.17, 15) is 14.9 Å². The summed E-state index contributed by atoms with van der Waals surface area (Å²) in [7, 11) is 1.00. The minimum absolute atomic E-state index is 0.0892. The van der Waals surface area contributed by atoms with E-state index in [0.717, 1.165) is 7.11 Å². The Hall–Kier alpha value is -2.73. The van der Waals surface area contributed by atoms with Crippen molar-refractivity contribution < 1.29 is 14.8 Å². The van der Waals surface area contributed by atoms with Gasteiger partial charge in [-0.2, -0.15) is 0 Å². The summed E-state index contributed by atoms with van der Waals surface area (Å²) >= 11 is 0. The average molecular weight is 302 g/mol. The Morgan fingerprint density at radius 3 is 2.32 bits per heavy atom. The summed E-state index contributed by atoms with van der Waals surface area (Å²) in [5.74, 6) is -0.225. The molecule has 2 aromatic rings. The summed E-state index contributed by atoms with van der Waals surface area (Å²) in [5, 5.41) is 21.0. The molecular formula is C16H18N2O4. The van der Waals surface area contributed by atoms with E-state index >= 15 is 0 Å². The van der Waals surface area contributed by atoms with Gasteiger partial charge < -0.3 is 10.4 Å². The minimum Gasteiger partial charge on any atom is -0.400 e. The van der Waals surface area contributed by atoms with Crippen molar-refractivity contribution in [3.05, 3.63) is 69.8 Å². The smallest absolute Gasteiger partial charge is 0.293 e. The molecule has 0 bridgehead atoms. The lowest BCUT2D eigenvalue weighted by Crippen LogP contribution is -2.05. The first-order valence-corrected chi connectivity index (χ1v) is 6.70. The molecule has 0 aliphatic carbocycles. The van der Waals surface area contributed by atoms with Crippen LogP contribution < -0.4 is 5.32 Å². The zero-order valence-electron chi connectivity index (χ0n) is 12.4. The number of nitro benzene ring substituents is 1. The Labute approximate surface area is 128 Å². The summed E-state index contributed by atoms with van der Waals surface area (Å²) < 4.78 is 0. The fourth-order valence-corrected chi connectivity index (χ4v) is 1.92. The second kappa shape index (κ2) is 8.53. The molecule has 2 aromatic carbocycles. The molecule has 0 spiro atoms. The number of nitrogens with one attached hydrogen (secondary N) is 1. The maximum atomic E-state index is 12.2. The van der Waals surface area contributed by atoms with Gasteiger partial charge in [0.15, 0.2) is 5.78 Å². The lowest BCUT2D eigenvalue weighted by Gasteiger charge is -2.06. The molecule has 0 saturated carbocycles. The third-order valence-electron chi connectivity index (χ3n) is 2.86. The first-order chi connectivity index (χ1) is 10.6. The quantitative estimate of drug-likeness (QED) is 0.503. The van der Waals surface area contributed by atoms with Gasteiger partial charge in [0.05, 0.1) is 4.92 Å². The summed E-state index contributed by atoms with van der Waals surface area (Å²) in [6, 6.07) is 13.2. The van der Waals surface area contributed by atoms with Crippen LogP contribution in [0.2, 0.25) is 0 Å². The van der Waals surface area contributed by atoms with Crippen LogP contribution in [0.1, 0.15) is 22.8 Å². The molecule has 0 amide bonds. The van der Waals surface area contributed by atoms with E-state index in [1.54, 1.807) is 36.4 Å². The first-order valence-electron chi connectivity index (χ1n) is 6.70. The Balaban J connectivity index is 0.00000116. The van der Waals surface area contributed by atoms with Gasteiger partial charge in [0.1, 0.15) is 5.69 Å². The number of nitrogens with zero attached hydrogens (tertiary/aromatic N) is 1. The summed E-state index contributed by atoms with van der Waals surface area (Å²) in [4.78, 5) is 22.8. The van der Waals surface area contributed by atoms with Gasteiger partial charge in [-0.15, -0.1) is 0 Å². The zero-order chi connectivity index (χ0) is 16.5. The molecule has 0 saturated heterocycles. The lowest BCUT2D eigenvalue weighted by atomic mass is 10.0. The van der Waals surface area contributed by atoms with Crippen LogP contribution in [0.15, 0.2) is 48.5 Å². The summed E-state index contributed by atoms with van der Waals surface area (Å²) in [6.45, 7) is 2.43. The van der Waals surface area contributed by atoms with Crippen LogP contribution in [0.3, 0.4) is 0 Å². The van der Waals surface area contributed by atoms with E-state index in [-0.39, 0.29) is 11.5 Å². The number of rotatable bonds is 5. The van der Waals surface area contributed by atoms with Gasteiger partial charge in [0.25, 0.3) is 5.69 Å². The molecule has 2 N–H and O–H groups in total. The molecule has 2 rings (SSSR count). The minimum atomic E-state index is -0.486. The molecule has 0 atom stereocenters. The molecule has 0 fully saturated rings. The van der Waals surface area contributed by atoms with Gasteiger partial charge in [-0.1, -0.05) is 30.3 Å². The van der Waals surface area contributed by atoms with E-state index in [1.165, 1.54) is 6.07 Å². The molecule has 0 aliphatic rings. The molecule has 0 unspecified atom stereocenters. The highest BCUT2D eigenvalue weighted by molar-refractivity contribution is 6.09. The maximum absolute atomic E-state index is 12.2. The fraction of sp³-hybridized carbons (Fsp3) is 0.188. The van der Waals surface area contributed by atoms with Crippen LogP contribution in [0, 0.1) is 10.1 Å². The van der Waals surface area contributed by atoms with Crippen molar-refractivity contribution in [2.45, 2.75) is 6.92 Å². The summed E-state index contributed by atoms with van der Waals surface area (Å²) in [5.41, 5.74) is 1.15. The van der Waals surface area contributed by atoms with Crippen molar-refractivity contribution in [1.82, 2.24) is 0 Å². The monoisotopic (exact) mass is 302 g/mol. The van der Waals surface area contributed by atoms with E-state index in [1.807, 2.05) is 13.0 Å². The van der Waals surface area contributed by atoms with Crippen LogP contribution in [0.4, 0.5) is 11.4 Å². The standard InChI is InChI=1S/C15H14N2O3.CH4O/c1-2-16-13-9-8-12(10-14(13)17(19)20)15(18)11-6-4-3-5-7-11;1-2/h3-10,16H,2H2,1H3;2H,1H3. The Morgan fingerprint density at radius 2 is 1.77 bits per heavy atom. The van der Waals surface area contributed by atoms with Gasteiger partial charge in [0, 0.05) is 30.8 Å². The predicted molar refractivity (Wildman–Crippen MR) is 85.3 cm³/mol. The van der Waals surface area contributed by atoms with Crippen molar-refractivity contribution >= 4 is 17.2 Å². The number of anilines is 1. The van der Waals surface area contributed by atoms with Crippen molar-refractivity contribution in [2.24, 2.45) is 0 Å². The van der Waals surface area contributed by atoms with E-state index in [4.69, 9.17) is 5.11 Å². The number of ketones is 1. The van der Waals surface area contributed by atoms with Gasteiger partial charge in [0.2, 0.25) is 0 Å². The van der Waals surface area contributed by atoms with Crippen LogP contribution >= 0.6 is 0 Å². The number of hydrogen-bond donors (Lipinski definition) is 2. The second-order valence-electron chi connectivity index (χ2n) is 4.21. The largest absolute Gasteiger partial charge is 0.400 e. The highest BCUT2D eigenvalue weighted by atomic mass is 16.6. The van der Waals surface area contributed by atoms with Gasteiger partial charge in [-0.3, -0.25) is 14.9 Å². The van der Waals surface area contributed by atoms with Crippen molar-refractivity contribution in [1.29, 1.82) is 0 Å². The van der Waals surface area contributed by atoms with Crippen molar-refractivity contribution in [3.8, 4) is 0 Å². The molecule has 6 nitrogen and oxygen atoms in total. The number of carbonyl (C=O) groups is 1.